The van der Waals surface area contributed by atoms with E-state index in [1.54, 1.807) is 23.9 Å². The molecule has 0 N–H and O–H groups in total. The summed E-state index contributed by atoms with van der Waals surface area (Å²) in [6.07, 6.45) is 5.85. The van der Waals surface area contributed by atoms with Crippen molar-refractivity contribution in [2.24, 2.45) is 5.92 Å². The number of aromatic nitrogens is 3. The lowest BCUT2D eigenvalue weighted by molar-refractivity contribution is 0.318. The largest absolute Gasteiger partial charge is 0.494 e. The Bertz CT molecular complexity index is 739. The average Bonchev–Trinajstić information content (AvgIpc) is 3.43. The molecular weight excluding hydrogens is 363 g/mol. The van der Waals surface area contributed by atoms with Crippen LogP contribution in [0.1, 0.15) is 45.1 Å². The van der Waals surface area contributed by atoms with Gasteiger partial charge in [0, 0.05) is 24.9 Å². The van der Waals surface area contributed by atoms with Gasteiger partial charge in [0.1, 0.15) is 11.6 Å². The first-order valence-corrected chi connectivity index (χ1v) is 10.9. The zero-order valence-corrected chi connectivity index (χ0v) is 16.6. The normalized spacial score (nSPS) is 18.1. The summed E-state index contributed by atoms with van der Waals surface area (Å²) in [4.78, 5) is 2.41. The lowest BCUT2D eigenvalue weighted by atomic mass is 10.00. The molecule has 1 aromatic heterocycles. The van der Waals surface area contributed by atoms with E-state index in [-0.39, 0.29) is 5.82 Å². The molecule has 2 aliphatic rings. The number of hydrogen-bond donors (Lipinski definition) is 0. The topological polar surface area (TPSA) is 43.2 Å². The van der Waals surface area contributed by atoms with Crippen LogP contribution in [0.3, 0.4) is 0 Å². The molecule has 27 heavy (non-hydrogen) atoms. The Balaban J connectivity index is 1.29. The van der Waals surface area contributed by atoms with Crippen LogP contribution < -0.4 is 9.64 Å². The van der Waals surface area contributed by atoms with Crippen molar-refractivity contribution in [2.45, 2.75) is 50.2 Å². The molecule has 1 aliphatic heterocycles. The minimum Gasteiger partial charge on any atom is -0.494 e. The predicted molar refractivity (Wildman–Crippen MR) is 106 cm³/mol. The molecule has 0 radical (unpaired) electrons. The first-order chi connectivity index (χ1) is 13.2. The van der Waals surface area contributed by atoms with Crippen molar-refractivity contribution >= 4 is 17.7 Å². The summed E-state index contributed by atoms with van der Waals surface area (Å²) in [6.45, 7) is 5.12. The smallest absolute Gasteiger partial charge is 0.228 e. The van der Waals surface area contributed by atoms with Gasteiger partial charge in [-0.25, -0.2) is 4.39 Å². The van der Waals surface area contributed by atoms with E-state index in [9.17, 15) is 4.39 Å². The van der Waals surface area contributed by atoms with Crippen LogP contribution >= 0.6 is 11.8 Å². The van der Waals surface area contributed by atoms with E-state index in [0.717, 1.165) is 42.3 Å². The van der Waals surface area contributed by atoms with Gasteiger partial charge in [0.2, 0.25) is 5.95 Å². The highest BCUT2D eigenvalue weighted by atomic mass is 32.2. The van der Waals surface area contributed by atoms with Crippen molar-refractivity contribution in [1.29, 1.82) is 0 Å². The standard InChI is InChI=1S/C20H27FN4OS/c1-15-9-11-24(12-10-15)19-22-23-20(25(19)17-5-6-17)27-14-2-13-26-18-7-3-16(21)4-8-18/h3-4,7-8,15,17H,2,5-6,9-14H2,1H3. The zero-order valence-electron chi connectivity index (χ0n) is 15.8. The second-order valence-corrected chi connectivity index (χ2v) is 8.62. The fourth-order valence-electron chi connectivity index (χ4n) is 3.39. The van der Waals surface area contributed by atoms with Gasteiger partial charge in [-0.1, -0.05) is 18.7 Å². The van der Waals surface area contributed by atoms with Gasteiger partial charge in [-0.3, -0.25) is 4.57 Å². The molecule has 1 aromatic carbocycles. The Hall–Kier alpha value is -1.76. The molecule has 0 spiro atoms. The van der Waals surface area contributed by atoms with Crippen LogP contribution in [0, 0.1) is 11.7 Å². The summed E-state index contributed by atoms with van der Waals surface area (Å²) in [5, 5.41) is 10.1. The number of halogens is 1. The third-order valence-corrected chi connectivity index (χ3v) is 6.26. The quantitative estimate of drug-likeness (QED) is 0.489. The van der Waals surface area contributed by atoms with Crippen LogP contribution in [0.15, 0.2) is 29.4 Å². The molecule has 2 aromatic rings. The van der Waals surface area contributed by atoms with Crippen LogP contribution in [0.4, 0.5) is 10.3 Å². The van der Waals surface area contributed by atoms with Crippen molar-refractivity contribution < 1.29 is 9.13 Å². The summed E-state index contributed by atoms with van der Waals surface area (Å²) in [7, 11) is 0. The molecule has 0 unspecified atom stereocenters. The Morgan fingerprint density at radius 1 is 1.11 bits per heavy atom. The molecule has 1 aliphatic carbocycles. The number of anilines is 1. The molecule has 146 valence electrons. The Morgan fingerprint density at radius 3 is 2.56 bits per heavy atom. The van der Waals surface area contributed by atoms with Gasteiger partial charge in [0.05, 0.1) is 6.61 Å². The number of ether oxygens (including phenoxy) is 1. The van der Waals surface area contributed by atoms with Crippen molar-refractivity contribution in [3.63, 3.8) is 0 Å². The zero-order chi connectivity index (χ0) is 18.6. The number of thioether (sulfide) groups is 1. The predicted octanol–water partition coefficient (Wildman–Crippen LogP) is 4.55. The minimum atomic E-state index is -0.240. The molecule has 1 saturated carbocycles. The summed E-state index contributed by atoms with van der Waals surface area (Å²) < 4.78 is 20.9. The summed E-state index contributed by atoms with van der Waals surface area (Å²) >= 11 is 1.76. The highest BCUT2D eigenvalue weighted by molar-refractivity contribution is 7.99. The Kier molecular flexibility index (Phi) is 5.86. The lowest BCUT2D eigenvalue weighted by Crippen LogP contribution is -2.34. The number of benzene rings is 1. The van der Waals surface area contributed by atoms with Gasteiger partial charge in [-0.05, 0) is 62.3 Å². The highest BCUT2D eigenvalue weighted by Gasteiger charge is 2.32. The molecule has 0 bridgehead atoms. The summed E-state index contributed by atoms with van der Waals surface area (Å²) in [5.41, 5.74) is 0. The average molecular weight is 391 g/mol. The van der Waals surface area contributed by atoms with Crippen LogP contribution in [0.25, 0.3) is 0 Å². The third-order valence-electron chi connectivity index (χ3n) is 5.23. The second-order valence-electron chi connectivity index (χ2n) is 7.56. The fourth-order valence-corrected chi connectivity index (χ4v) is 4.30. The van der Waals surface area contributed by atoms with E-state index < -0.39 is 0 Å². The monoisotopic (exact) mass is 390 g/mol. The van der Waals surface area contributed by atoms with Crippen LogP contribution in [-0.2, 0) is 0 Å². The van der Waals surface area contributed by atoms with Gasteiger partial charge in [0.15, 0.2) is 5.16 Å². The van der Waals surface area contributed by atoms with Gasteiger partial charge in [-0.2, -0.15) is 0 Å². The molecule has 7 heteroatoms. The number of nitrogens with zero attached hydrogens (tertiary/aromatic N) is 4. The van der Waals surface area contributed by atoms with Crippen LogP contribution in [0.2, 0.25) is 0 Å². The first kappa shape index (κ1) is 18.6. The van der Waals surface area contributed by atoms with E-state index in [2.05, 4.69) is 26.6 Å². The van der Waals surface area contributed by atoms with E-state index in [4.69, 9.17) is 4.74 Å². The summed E-state index contributed by atoms with van der Waals surface area (Å²) in [5.74, 6) is 3.28. The molecule has 0 atom stereocenters. The Morgan fingerprint density at radius 2 is 1.85 bits per heavy atom. The molecule has 5 nitrogen and oxygen atoms in total. The minimum absolute atomic E-state index is 0.240. The maximum atomic E-state index is 12.9. The van der Waals surface area contributed by atoms with E-state index in [0.29, 0.717) is 18.4 Å². The SMILES string of the molecule is CC1CCN(c2nnc(SCCCOc3ccc(F)cc3)n2C2CC2)CC1. The number of rotatable bonds is 8. The van der Waals surface area contributed by atoms with E-state index in [1.807, 2.05) is 0 Å². The van der Waals surface area contributed by atoms with Crippen molar-refractivity contribution in [3.05, 3.63) is 30.1 Å². The van der Waals surface area contributed by atoms with Crippen molar-refractivity contribution in [2.75, 3.05) is 30.3 Å². The molecule has 1 saturated heterocycles. The first-order valence-electron chi connectivity index (χ1n) is 9.91. The molecule has 2 heterocycles. The van der Waals surface area contributed by atoms with Gasteiger partial charge in [-0.15, -0.1) is 10.2 Å². The maximum absolute atomic E-state index is 12.9. The number of hydrogen-bond acceptors (Lipinski definition) is 5. The maximum Gasteiger partial charge on any atom is 0.228 e. The molecule has 4 rings (SSSR count). The van der Waals surface area contributed by atoms with Crippen molar-refractivity contribution in [1.82, 2.24) is 14.8 Å². The Labute approximate surface area is 164 Å². The van der Waals surface area contributed by atoms with Crippen LogP contribution in [0.5, 0.6) is 5.75 Å². The van der Waals surface area contributed by atoms with E-state index in [1.165, 1.54) is 37.8 Å². The summed E-state index contributed by atoms with van der Waals surface area (Å²) in [6, 6.07) is 6.75. The molecule has 0 amide bonds. The van der Waals surface area contributed by atoms with Gasteiger partial charge < -0.3 is 9.64 Å². The third kappa shape index (κ3) is 4.75. The number of piperidine rings is 1. The van der Waals surface area contributed by atoms with Crippen LogP contribution in [-0.4, -0.2) is 40.2 Å². The lowest BCUT2D eigenvalue weighted by Gasteiger charge is -2.31. The van der Waals surface area contributed by atoms with Crippen molar-refractivity contribution in [3.8, 4) is 5.75 Å². The highest BCUT2D eigenvalue weighted by Crippen LogP contribution is 2.41. The van der Waals surface area contributed by atoms with E-state index >= 15 is 0 Å². The fraction of sp³-hybridized carbons (Fsp3) is 0.600. The molecule has 2 fully saturated rings. The molecular formula is C20H27FN4OS. The van der Waals surface area contributed by atoms with Gasteiger partial charge >= 0.3 is 0 Å². The second kappa shape index (κ2) is 8.50. The van der Waals surface area contributed by atoms with Gasteiger partial charge in [0.25, 0.3) is 0 Å².